The van der Waals surface area contributed by atoms with Crippen molar-refractivity contribution in [2.45, 2.75) is 6.04 Å². The average Bonchev–Trinajstić information content (AvgIpc) is 3.01. The molecular formula is C22H22FNO6. The molecule has 30 heavy (non-hydrogen) atoms. The van der Waals surface area contributed by atoms with Gasteiger partial charge in [0.05, 0.1) is 38.5 Å². The predicted molar refractivity (Wildman–Crippen MR) is 106 cm³/mol. The van der Waals surface area contributed by atoms with Crippen LogP contribution in [0.15, 0.2) is 54.1 Å². The molecule has 0 bridgehead atoms. The standard InChI is InChI=1S/C22H22FNO6/c1-29-17-8-4-14(5-9-17)19-18(20(26)15-2-6-16(23)7-3-15)21(27)22(28)24(19)10-12-30-13-11-25/h2-9,19,25-26H,10-13H2,1H3. The van der Waals surface area contributed by atoms with Gasteiger partial charge in [-0.1, -0.05) is 12.1 Å². The van der Waals surface area contributed by atoms with Gasteiger partial charge in [-0.3, -0.25) is 9.59 Å². The number of benzene rings is 2. The molecule has 8 heteroatoms. The third-order valence-corrected chi connectivity index (χ3v) is 4.80. The van der Waals surface area contributed by atoms with Gasteiger partial charge in [0.1, 0.15) is 17.3 Å². The van der Waals surface area contributed by atoms with E-state index in [-0.39, 0.29) is 43.3 Å². The molecule has 1 amide bonds. The van der Waals surface area contributed by atoms with Crippen LogP contribution in [-0.2, 0) is 14.3 Å². The molecule has 0 saturated carbocycles. The minimum atomic E-state index is -0.848. The van der Waals surface area contributed by atoms with Crippen LogP contribution >= 0.6 is 0 Å². The van der Waals surface area contributed by atoms with Crippen molar-refractivity contribution in [1.82, 2.24) is 4.90 Å². The fraction of sp³-hybridized carbons (Fsp3) is 0.273. The summed E-state index contributed by atoms with van der Waals surface area (Å²) in [5.74, 6) is -1.87. The number of ketones is 1. The summed E-state index contributed by atoms with van der Waals surface area (Å²) in [4.78, 5) is 26.8. The lowest BCUT2D eigenvalue weighted by Crippen LogP contribution is -2.33. The van der Waals surface area contributed by atoms with E-state index in [4.69, 9.17) is 14.6 Å². The monoisotopic (exact) mass is 415 g/mol. The molecule has 1 heterocycles. The number of Topliss-reactive ketones (excluding diaryl/α,β-unsaturated/α-hetero) is 1. The van der Waals surface area contributed by atoms with Crippen LogP contribution in [0, 0.1) is 5.82 Å². The Morgan fingerprint density at radius 1 is 1.07 bits per heavy atom. The van der Waals surface area contributed by atoms with Crippen LogP contribution in [0.2, 0.25) is 0 Å². The van der Waals surface area contributed by atoms with E-state index in [1.165, 1.54) is 24.1 Å². The summed E-state index contributed by atoms with van der Waals surface area (Å²) in [6.45, 7) is 0.135. The maximum atomic E-state index is 13.3. The second-order valence-corrected chi connectivity index (χ2v) is 6.61. The first-order chi connectivity index (χ1) is 14.5. The molecule has 2 N–H and O–H groups in total. The molecule has 0 radical (unpaired) electrons. The Balaban J connectivity index is 2.05. The van der Waals surface area contributed by atoms with Crippen molar-refractivity contribution in [3.8, 4) is 5.75 Å². The highest BCUT2D eigenvalue weighted by molar-refractivity contribution is 6.46. The van der Waals surface area contributed by atoms with Gasteiger partial charge in [0.25, 0.3) is 11.7 Å². The number of halogens is 1. The Hall–Kier alpha value is -3.23. The van der Waals surface area contributed by atoms with Crippen LogP contribution in [0.3, 0.4) is 0 Å². The first kappa shape index (κ1) is 21.5. The zero-order valence-corrected chi connectivity index (χ0v) is 16.4. The normalized spacial score (nSPS) is 18.1. The highest BCUT2D eigenvalue weighted by Crippen LogP contribution is 2.39. The van der Waals surface area contributed by atoms with E-state index < -0.39 is 23.5 Å². The molecule has 1 unspecified atom stereocenters. The van der Waals surface area contributed by atoms with Gasteiger partial charge in [0, 0.05) is 12.1 Å². The highest BCUT2D eigenvalue weighted by atomic mass is 19.1. The average molecular weight is 415 g/mol. The topological polar surface area (TPSA) is 96.3 Å². The largest absolute Gasteiger partial charge is 0.507 e. The maximum absolute atomic E-state index is 13.3. The van der Waals surface area contributed by atoms with E-state index in [1.54, 1.807) is 24.3 Å². The molecule has 2 aromatic rings. The summed E-state index contributed by atoms with van der Waals surface area (Å²) >= 11 is 0. The Morgan fingerprint density at radius 2 is 1.73 bits per heavy atom. The number of ether oxygens (including phenoxy) is 2. The molecule has 1 atom stereocenters. The third kappa shape index (κ3) is 4.34. The van der Waals surface area contributed by atoms with Crippen molar-refractivity contribution in [1.29, 1.82) is 0 Å². The number of rotatable bonds is 8. The van der Waals surface area contributed by atoms with Gasteiger partial charge in [0.2, 0.25) is 0 Å². The van der Waals surface area contributed by atoms with Gasteiger partial charge in [0.15, 0.2) is 0 Å². The summed E-state index contributed by atoms with van der Waals surface area (Å²) in [6, 6.07) is 10.9. The van der Waals surface area contributed by atoms with Gasteiger partial charge in [-0.15, -0.1) is 0 Å². The molecule has 158 valence electrons. The number of amides is 1. The zero-order chi connectivity index (χ0) is 21.7. The van der Waals surface area contributed by atoms with Crippen molar-refractivity contribution in [3.63, 3.8) is 0 Å². The first-order valence-corrected chi connectivity index (χ1v) is 9.34. The number of likely N-dealkylation sites (tertiary alicyclic amines) is 1. The fourth-order valence-electron chi connectivity index (χ4n) is 3.34. The number of hydrogen-bond donors (Lipinski definition) is 2. The molecule has 1 fully saturated rings. The second-order valence-electron chi connectivity index (χ2n) is 6.61. The zero-order valence-electron chi connectivity index (χ0n) is 16.4. The molecule has 1 aliphatic heterocycles. The smallest absolute Gasteiger partial charge is 0.295 e. The van der Waals surface area contributed by atoms with E-state index in [0.717, 1.165) is 12.1 Å². The van der Waals surface area contributed by atoms with Crippen molar-refractivity contribution in [2.75, 3.05) is 33.5 Å². The number of carbonyl (C=O) groups excluding carboxylic acids is 2. The molecular weight excluding hydrogens is 393 g/mol. The molecule has 3 rings (SSSR count). The number of nitrogens with zero attached hydrogens (tertiary/aromatic N) is 1. The van der Waals surface area contributed by atoms with Crippen molar-refractivity contribution >= 4 is 17.4 Å². The van der Waals surface area contributed by atoms with Crippen LogP contribution in [0.1, 0.15) is 17.2 Å². The SMILES string of the molecule is COc1ccc(C2C(=C(O)c3ccc(F)cc3)C(=O)C(=O)N2CCOCCO)cc1. The molecule has 0 aliphatic carbocycles. The molecule has 0 aromatic heterocycles. The summed E-state index contributed by atoms with van der Waals surface area (Å²) in [6.07, 6.45) is 0. The van der Waals surface area contributed by atoms with Gasteiger partial charge in [-0.2, -0.15) is 0 Å². The minimum Gasteiger partial charge on any atom is -0.507 e. The fourth-order valence-corrected chi connectivity index (χ4v) is 3.34. The lowest BCUT2D eigenvalue weighted by atomic mass is 9.95. The number of methoxy groups -OCH3 is 1. The molecule has 1 aliphatic rings. The molecule has 2 aromatic carbocycles. The van der Waals surface area contributed by atoms with Crippen molar-refractivity contribution in [3.05, 3.63) is 71.0 Å². The van der Waals surface area contributed by atoms with Gasteiger partial charge in [-0.25, -0.2) is 4.39 Å². The minimum absolute atomic E-state index is 0.0843. The van der Waals surface area contributed by atoms with Crippen LogP contribution < -0.4 is 4.74 Å². The van der Waals surface area contributed by atoms with Crippen molar-refractivity contribution < 1.29 is 33.7 Å². The quantitative estimate of drug-likeness (QED) is 0.297. The predicted octanol–water partition coefficient (Wildman–Crippen LogP) is 2.26. The Kier molecular flexibility index (Phi) is 6.81. The van der Waals surface area contributed by atoms with E-state index in [2.05, 4.69) is 0 Å². The van der Waals surface area contributed by atoms with Gasteiger partial charge < -0.3 is 24.6 Å². The van der Waals surface area contributed by atoms with Gasteiger partial charge in [-0.05, 0) is 42.0 Å². The number of aliphatic hydroxyl groups is 2. The molecule has 1 saturated heterocycles. The van der Waals surface area contributed by atoms with E-state index in [0.29, 0.717) is 11.3 Å². The Morgan fingerprint density at radius 3 is 2.33 bits per heavy atom. The summed E-state index contributed by atoms with van der Waals surface area (Å²) < 4.78 is 23.7. The summed E-state index contributed by atoms with van der Waals surface area (Å²) in [7, 11) is 1.52. The third-order valence-electron chi connectivity index (χ3n) is 4.80. The van der Waals surface area contributed by atoms with E-state index in [1.807, 2.05) is 0 Å². The van der Waals surface area contributed by atoms with E-state index >= 15 is 0 Å². The lowest BCUT2D eigenvalue weighted by molar-refractivity contribution is -0.140. The molecule has 7 nitrogen and oxygen atoms in total. The number of carbonyl (C=O) groups is 2. The van der Waals surface area contributed by atoms with Crippen LogP contribution in [0.4, 0.5) is 4.39 Å². The Bertz CT molecular complexity index is 939. The number of hydrogen-bond acceptors (Lipinski definition) is 6. The van der Waals surface area contributed by atoms with E-state index in [9.17, 15) is 19.1 Å². The van der Waals surface area contributed by atoms with Crippen LogP contribution in [-0.4, -0.2) is 60.3 Å². The lowest BCUT2D eigenvalue weighted by Gasteiger charge is -2.25. The van der Waals surface area contributed by atoms with Crippen LogP contribution in [0.25, 0.3) is 5.76 Å². The van der Waals surface area contributed by atoms with Gasteiger partial charge >= 0.3 is 0 Å². The number of aliphatic hydroxyl groups excluding tert-OH is 2. The highest BCUT2D eigenvalue weighted by Gasteiger charge is 2.45. The summed E-state index contributed by atoms with van der Waals surface area (Å²) in [5, 5.41) is 19.7. The molecule has 0 spiro atoms. The first-order valence-electron chi connectivity index (χ1n) is 9.34. The Labute approximate surface area is 173 Å². The van der Waals surface area contributed by atoms with Crippen LogP contribution in [0.5, 0.6) is 5.75 Å². The second kappa shape index (κ2) is 9.51. The van der Waals surface area contributed by atoms with Crippen molar-refractivity contribution in [2.24, 2.45) is 0 Å². The maximum Gasteiger partial charge on any atom is 0.295 e. The summed E-state index contributed by atoms with van der Waals surface area (Å²) in [5.41, 5.74) is 0.740.